The van der Waals surface area contributed by atoms with Gasteiger partial charge in [-0.15, -0.1) is 0 Å². The van der Waals surface area contributed by atoms with Crippen LogP contribution in [-0.2, 0) is 10.2 Å². The van der Waals surface area contributed by atoms with Crippen LogP contribution in [0.15, 0.2) is 0 Å². The third kappa shape index (κ3) is 5.38. The molecule has 0 aromatic rings. The highest BCUT2D eigenvalue weighted by molar-refractivity contribution is 7.87. The van der Waals surface area contributed by atoms with E-state index < -0.39 is 16.3 Å². The number of hydrogen-bond acceptors (Lipinski definition) is 3. The van der Waals surface area contributed by atoms with Crippen LogP contribution in [0.5, 0.6) is 0 Å². The molecule has 1 fully saturated rings. The molecule has 0 amide bonds. The highest BCUT2D eigenvalue weighted by Gasteiger charge is 2.31. The second-order valence-corrected chi connectivity index (χ2v) is 8.10. The first-order valence-corrected chi connectivity index (χ1v) is 8.56. The van der Waals surface area contributed by atoms with Crippen molar-refractivity contribution >= 4 is 10.2 Å². The summed E-state index contributed by atoms with van der Waals surface area (Å²) in [5.74, 6) is 1.12. The van der Waals surface area contributed by atoms with E-state index >= 15 is 0 Å². The zero-order valence-corrected chi connectivity index (χ0v) is 13.3. The van der Waals surface area contributed by atoms with Gasteiger partial charge in [0.15, 0.2) is 0 Å². The molecule has 114 valence electrons. The minimum atomic E-state index is -3.48. The van der Waals surface area contributed by atoms with Gasteiger partial charge in [0.05, 0.1) is 6.61 Å². The first-order valence-electron chi connectivity index (χ1n) is 7.12. The Labute approximate surface area is 117 Å². The predicted octanol–water partition coefficient (Wildman–Crippen LogP) is 1.21. The van der Waals surface area contributed by atoms with Gasteiger partial charge in [-0.1, -0.05) is 27.7 Å². The molecule has 1 saturated heterocycles. The number of rotatable bonds is 6. The smallest absolute Gasteiger partial charge is 0.279 e. The van der Waals surface area contributed by atoms with Gasteiger partial charge in [0, 0.05) is 19.1 Å². The molecule has 0 aliphatic carbocycles. The Hall–Kier alpha value is -0.170. The van der Waals surface area contributed by atoms with Crippen molar-refractivity contribution < 1.29 is 13.5 Å². The first-order chi connectivity index (χ1) is 8.74. The predicted molar refractivity (Wildman–Crippen MR) is 76.9 cm³/mol. The van der Waals surface area contributed by atoms with Crippen molar-refractivity contribution in [2.45, 2.75) is 46.6 Å². The van der Waals surface area contributed by atoms with Gasteiger partial charge in [-0.2, -0.15) is 17.4 Å². The minimum absolute atomic E-state index is 0.156. The molecule has 0 aromatic heterocycles. The van der Waals surface area contributed by atoms with E-state index in [4.69, 9.17) is 0 Å². The van der Waals surface area contributed by atoms with Crippen LogP contribution in [0.2, 0.25) is 0 Å². The highest BCUT2D eigenvalue weighted by atomic mass is 32.2. The summed E-state index contributed by atoms with van der Waals surface area (Å²) in [6.45, 7) is 9.17. The summed E-state index contributed by atoms with van der Waals surface area (Å²) < 4.78 is 28.8. The molecule has 0 aromatic carbocycles. The summed E-state index contributed by atoms with van der Waals surface area (Å²) in [7, 11) is -3.48. The van der Waals surface area contributed by atoms with Crippen LogP contribution in [0.1, 0.15) is 40.5 Å². The van der Waals surface area contributed by atoms with Crippen molar-refractivity contribution in [2.75, 3.05) is 19.7 Å². The maximum Gasteiger partial charge on any atom is 0.279 e. The molecule has 0 bridgehead atoms. The molecule has 19 heavy (non-hydrogen) atoms. The molecule has 3 unspecified atom stereocenters. The summed E-state index contributed by atoms with van der Waals surface area (Å²) in [5, 5.41) is 9.30. The molecule has 1 rings (SSSR count). The third-order valence-electron chi connectivity index (χ3n) is 3.47. The molecule has 1 aliphatic rings. The molecule has 0 spiro atoms. The fraction of sp³-hybridized carbons (Fsp3) is 1.00. The fourth-order valence-corrected chi connectivity index (χ4v) is 4.46. The average Bonchev–Trinajstić information content (AvgIpc) is 2.25. The molecule has 2 N–H and O–H groups in total. The Morgan fingerprint density at radius 1 is 1.26 bits per heavy atom. The maximum atomic E-state index is 12.3. The van der Waals surface area contributed by atoms with E-state index in [-0.39, 0.29) is 6.61 Å². The van der Waals surface area contributed by atoms with Gasteiger partial charge in [0.2, 0.25) is 0 Å². The monoisotopic (exact) mass is 292 g/mol. The topological polar surface area (TPSA) is 69.6 Å². The van der Waals surface area contributed by atoms with Gasteiger partial charge >= 0.3 is 0 Å². The van der Waals surface area contributed by atoms with Crippen LogP contribution in [0, 0.1) is 17.8 Å². The lowest BCUT2D eigenvalue weighted by molar-refractivity contribution is 0.210. The van der Waals surface area contributed by atoms with Crippen molar-refractivity contribution in [1.82, 2.24) is 9.03 Å². The third-order valence-corrected chi connectivity index (χ3v) is 5.08. The second kappa shape index (κ2) is 7.02. The quantitative estimate of drug-likeness (QED) is 0.773. The van der Waals surface area contributed by atoms with Gasteiger partial charge in [0.1, 0.15) is 0 Å². The van der Waals surface area contributed by atoms with Crippen LogP contribution >= 0.6 is 0 Å². The van der Waals surface area contributed by atoms with Crippen molar-refractivity contribution in [3.05, 3.63) is 0 Å². The molecule has 0 saturated carbocycles. The number of hydrogen-bond donors (Lipinski definition) is 2. The Morgan fingerprint density at radius 3 is 2.21 bits per heavy atom. The van der Waals surface area contributed by atoms with E-state index in [1.807, 2.05) is 13.8 Å². The Morgan fingerprint density at radius 2 is 1.79 bits per heavy atom. The summed E-state index contributed by atoms with van der Waals surface area (Å²) in [6.07, 6.45) is 1.72. The van der Waals surface area contributed by atoms with Gasteiger partial charge < -0.3 is 5.11 Å². The number of nitrogens with zero attached hydrogens (tertiary/aromatic N) is 1. The van der Waals surface area contributed by atoms with Crippen LogP contribution in [0.3, 0.4) is 0 Å². The maximum absolute atomic E-state index is 12.3. The summed E-state index contributed by atoms with van der Waals surface area (Å²) in [4.78, 5) is 0. The van der Waals surface area contributed by atoms with E-state index in [9.17, 15) is 13.5 Å². The van der Waals surface area contributed by atoms with E-state index in [0.717, 1.165) is 6.42 Å². The standard InChI is InChI=1S/C13H28N2O3S/c1-10(2)5-13(9-16)14-19(17,18)15-7-11(3)6-12(4)8-15/h10-14,16H,5-9H2,1-4H3. The fourth-order valence-electron chi connectivity index (χ4n) is 2.82. The zero-order chi connectivity index (χ0) is 14.6. The van der Waals surface area contributed by atoms with Crippen molar-refractivity contribution in [3.8, 4) is 0 Å². The Bertz CT molecular complexity index is 360. The first kappa shape index (κ1) is 16.9. The lowest BCUT2D eigenvalue weighted by Crippen LogP contribution is -2.51. The summed E-state index contributed by atoms with van der Waals surface area (Å²) in [5.41, 5.74) is 0. The SMILES string of the molecule is CC(C)CC(CO)NS(=O)(=O)N1CC(C)CC(C)C1. The lowest BCUT2D eigenvalue weighted by Gasteiger charge is -2.35. The summed E-state index contributed by atoms with van der Waals surface area (Å²) in [6, 6.07) is -0.391. The minimum Gasteiger partial charge on any atom is -0.395 e. The average molecular weight is 292 g/mol. The van der Waals surface area contributed by atoms with Crippen molar-refractivity contribution in [2.24, 2.45) is 17.8 Å². The van der Waals surface area contributed by atoms with E-state index in [2.05, 4.69) is 18.6 Å². The van der Waals surface area contributed by atoms with E-state index in [1.54, 1.807) is 0 Å². The Kier molecular flexibility index (Phi) is 6.23. The van der Waals surface area contributed by atoms with Gasteiger partial charge in [-0.25, -0.2) is 0 Å². The van der Waals surface area contributed by atoms with Crippen LogP contribution in [0.25, 0.3) is 0 Å². The van der Waals surface area contributed by atoms with Gasteiger partial charge in [0.25, 0.3) is 10.2 Å². The molecule has 5 nitrogen and oxygen atoms in total. The molecular weight excluding hydrogens is 264 g/mol. The number of nitrogens with one attached hydrogen (secondary N) is 1. The highest BCUT2D eigenvalue weighted by Crippen LogP contribution is 2.23. The molecule has 6 heteroatoms. The molecule has 1 heterocycles. The number of piperidine rings is 1. The van der Waals surface area contributed by atoms with Crippen LogP contribution in [0.4, 0.5) is 0 Å². The summed E-state index contributed by atoms with van der Waals surface area (Å²) >= 11 is 0. The van der Waals surface area contributed by atoms with Gasteiger partial charge in [-0.3, -0.25) is 0 Å². The zero-order valence-electron chi connectivity index (χ0n) is 12.5. The van der Waals surface area contributed by atoms with E-state index in [1.165, 1.54) is 4.31 Å². The molecule has 1 aliphatic heterocycles. The lowest BCUT2D eigenvalue weighted by atomic mass is 9.94. The number of aliphatic hydroxyl groups excluding tert-OH is 1. The van der Waals surface area contributed by atoms with Crippen LogP contribution in [-0.4, -0.2) is 43.6 Å². The molecule has 3 atom stereocenters. The van der Waals surface area contributed by atoms with Crippen molar-refractivity contribution in [1.29, 1.82) is 0 Å². The molecule has 0 radical (unpaired) electrons. The molecular formula is C13H28N2O3S. The largest absolute Gasteiger partial charge is 0.395 e. The van der Waals surface area contributed by atoms with Crippen molar-refractivity contribution in [3.63, 3.8) is 0 Å². The second-order valence-electron chi connectivity index (χ2n) is 6.39. The van der Waals surface area contributed by atoms with E-state index in [0.29, 0.717) is 37.3 Å². The number of aliphatic hydroxyl groups is 1. The van der Waals surface area contributed by atoms with Gasteiger partial charge in [-0.05, 0) is 30.6 Å². The van der Waals surface area contributed by atoms with Crippen LogP contribution < -0.4 is 4.72 Å². The Balaban J connectivity index is 2.68. The normalized spacial score (nSPS) is 27.7.